The maximum Gasteiger partial charge on any atom is 0.417 e. The van der Waals surface area contributed by atoms with Gasteiger partial charge in [-0.15, -0.1) is 0 Å². The molecule has 1 aliphatic rings. The minimum Gasteiger partial charge on any atom is -0.325 e. The number of urea groups is 1. The predicted molar refractivity (Wildman–Crippen MR) is 78.2 cm³/mol. The Morgan fingerprint density at radius 1 is 1.14 bits per heavy atom. The first-order chi connectivity index (χ1) is 9.88. The number of hydrogen-bond acceptors (Lipinski definition) is 1. The van der Waals surface area contributed by atoms with Crippen LogP contribution in [0.1, 0.15) is 31.2 Å². The maximum absolute atomic E-state index is 12.8. The van der Waals surface area contributed by atoms with Crippen molar-refractivity contribution in [2.45, 2.75) is 31.9 Å². The highest BCUT2D eigenvalue weighted by atomic mass is 79.9. The summed E-state index contributed by atoms with van der Waals surface area (Å²) in [6, 6.07) is 3.35. The molecule has 0 aliphatic carbocycles. The zero-order chi connectivity index (χ0) is 15.5. The average molecular weight is 365 g/mol. The van der Waals surface area contributed by atoms with Gasteiger partial charge in [-0.25, -0.2) is 4.79 Å². The standard InChI is InChI=1S/C14H16BrF3N2O/c15-12-6-5-10(9-11(12)14(16,17)18)19-13(21)20-7-3-1-2-4-8-20/h5-6,9H,1-4,7-8H2,(H,19,21). The highest BCUT2D eigenvalue weighted by Gasteiger charge is 2.33. The van der Waals surface area contributed by atoms with Crippen LogP contribution in [0.4, 0.5) is 23.7 Å². The quantitative estimate of drug-likeness (QED) is 0.756. The molecular formula is C14H16BrF3N2O. The number of anilines is 1. The van der Waals surface area contributed by atoms with Gasteiger partial charge < -0.3 is 10.2 Å². The summed E-state index contributed by atoms with van der Waals surface area (Å²) < 4.78 is 38.4. The largest absolute Gasteiger partial charge is 0.417 e. The van der Waals surface area contributed by atoms with Crippen LogP contribution in [0.2, 0.25) is 0 Å². The molecule has 3 nitrogen and oxygen atoms in total. The van der Waals surface area contributed by atoms with E-state index in [2.05, 4.69) is 21.2 Å². The molecule has 0 spiro atoms. The predicted octanol–water partition coefficient (Wildman–Crippen LogP) is 4.88. The molecule has 2 rings (SSSR count). The number of benzene rings is 1. The van der Waals surface area contributed by atoms with Crippen LogP contribution < -0.4 is 5.32 Å². The van der Waals surface area contributed by atoms with Crippen molar-refractivity contribution in [1.82, 2.24) is 4.90 Å². The minimum absolute atomic E-state index is 0.0391. The van der Waals surface area contributed by atoms with E-state index in [0.29, 0.717) is 13.1 Å². The molecule has 1 aliphatic heterocycles. The number of carbonyl (C=O) groups excluding carboxylic acids is 1. The fourth-order valence-corrected chi connectivity index (χ4v) is 2.77. The topological polar surface area (TPSA) is 32.3 Å². The van der Waals surface area contributed by atoms with E-state index in [1.807, 2.05) is 0 Å². The minimum atomic E-state index is -4.46. The van der Waals surface area contributed by atoms with Crippen molar-refractivity contribution >= 4 is 27.6 Å². The van der Waals surface area contributed by atoms with Crippen LogP contribution in [0.25, 0.3) is 0 Å². The number of halogens is 4. The molecule has 1 N–H and O–H groups in total. The third kappa shape index (κ3) is 4.36. The summed E-state index contributed by atoms with van der Waals surface area (Å²) in [5, 5.41) is 2.55. The highest BCUT2D eigenvalue weighted by Crippen LogP contribution is 2.36. The lowest BCUT2D eigenvalue weighted by molar-refractivity contribution is -0.138. The van der Waals surface area contributed by atoms with Crippen LogP contribution in [0, 0.1) is 0 Å². The summed E-state index contributed by atoms with van der Waals surface area (Å²) >= 11 is 2.88. The Kier molecular flexibility index (Phi) is 5.13. The molecular weight excluding hydrogens is 349 g/mol. The molecule has 21 heavy (non-hydrogen) atoms. The molecule has 7 heteroatoms. The van der Waals surface area contributed by atoms with E-state index in [0.717, 1.165) is 31.7 Å². The van der Waals surface area contributed by atoms with Crippen LogP contribution in [-0.2, 0) is 6.18 Å². The Morgan fingerprint density at radius 2 is 1.76 bits per heavy atom. The zero-order valence-corrected chi connectivity index (χ0v) is 12.9. The third-order valence-corrected chi connectivity index (χ3v) is 4.11. The first-order valence-corrected chi connectivity index (χ1v) is 7.60. The van der Waals surface area contributed by atoms with Crippen molar-refractivity contribution in [1.29, 1.82) is 0 Å². The second-order valence-electron chi connectivity index (χ2n) is 5.02. The Morgan fingerprint density at radius 3 is 2.33 bits per heavy atom. The van der Waals surface area contributed by atoms with Crippen molar-refractivity contribution in [3.8, 4) is 0 Å². The van der Waals surface area contributed by atoms with E-state index >= 15 is 0 Å². The lowest BCUT2D eigenvalue weighted by Crippen LogP contribution is -2.35. The van der Waals surface area contributed by atoms with E-state index in [9.17, 15) is 18.0 Å². The monoisotopic (exact) mass is 364 g/mol. The molecule has 0 unspecified atom stereocenters. The average Bonchev–Trinajstić information content (AvgIpc) is 2.68. The normalized spacial score (nSPS) is 16.5. The SMILES string of the molecule is O=C(Nc1ccc(Br)c(C(F)(F)F)c1)N1CCCCCC1. The Labute approximate surface area is 129 Å². The number of alkyl halides is 3. The van der Waals surface area contributed by atoms with Gasteiger partial charge in [0.25, 0.3) is 0 Å². The number of nitrogens with one attached hydrogen (secondary N) is 1. The lowest BCUT2D eigenvalue weighted by atomic mass is 10.2. The Bertz CT molecular complexity index is 511. The lowest BCUT2D eigenvalue weighted by Gasteiger charge is -2.21. The molecule has 0 atom stereocenters. The Balaban J connectivity index is 2.10. The number of carbonyl (C=O) groups is 1. The van der Waals surface area contributed by atoms with Crippen molar-refractivity contribution in [2.75, 3.05) is 18.4 Å². The van der Waals surface area contributed by atoms with Gasteiger partial charge in [0, 0.05) is 23.2 Å². The molecule has 2 amide bonds. The van der Waals surface area contributed by atoms with Crippen molar-refractivity contribution in [3.05, 3.63) is 28.2 Å². The van der Waals surface area contributed by atoms with Crippen molar-refractivity contribution < 1.29 is 18.0 Å². The van der Waals surface area contributed by atoms with Gasteiger partial charge in [-0.2, -0.15) is 13.2 Å². The zero-order valence-electron chi connectivity index (χ0n) is 11.3. The smallest absolute Gasteiger partial charge is 0.325 e. The van der Waals surface area contributed by atoms with Gasteiger partial charge in [0.2, 0.25) is 0 Å². The van der Waals surface area contributed by atoms with Crippen LogP contribution in [0.3, 0.4) is 0 Å². The van der Waals surface area contributed by atoms with Crippen LogP contribution in [0.5, 0.6) is 0 Å². The number of amides is 2. The molecule has 0 saturated carbocycles. The van der Waals surface area contributed by atoms with Gasteiger partial charge in [-0.1, -0.05) is 28.8 Å². The summed E-state index contributed by atoms with van der Waals surface area (Å²) in [7, 11) is 0. The Hall–Kier alpha value is -1.24. The maximum atomic E-state index is 12.8. The van der Waals surface area contributed by atoms with Crippen molar-refractivity contribution in [2.24, 2.45) is 0 Å². The summed E-state index contributed by atoms with van der Waals surface area (Å²) in [6.45, 7) is 1.29. The number of hydrogen-bond donors (Lipinski definition) is 1. The molecule has 1 heterocycles. The summed E-state index contributed by atoms with van der Waals surface area (Å²) in [5.74, 6) is 0. The second-order valence-corrected chi connectivity index (χ2v) is 5.88. The molecule has 1 fully saturated rings. The van der Waals surface area contributed by atoms with Crippen LogP contribution in [0.15, 0.2) is 22.7 Å². The van der Waals surface area contributed by atoms with Crippen LogP contribution >= 0.6 is 15.9 Å². The summed E-state index contributed by atoms with van der Waals surface area (Å²) in [6.07, 6.45) is -0.425. The number of nitrogens with zero attached hydrogens (tertiary/aromatic N) is 1. The fraction of sp³-hybridized carbons (Fsp3) is 0.500. The number of likely N-dealkylation sites (tertiary alicyclic amines) is 1. The van der Waals surface area contributed by atoms with Gasteiger partial charge >= 0.3 is 12.2 Å². The van der Waals surface area contributed by atoms with Gasteiger partial charge in [0.15, 0.2) is 0 Å². The van der Waals surface area contributed by atoms with E-state index < -0.39 is 11.7 Å². The van der Waals surface area contributed by atoms with Gasteiger partial charge in [0.05, 0.1) is 5.56 Å². The summed E-state index contributed by atoms with van der Waals surface area (Å²) in [4.78, 5) is 13.7. The molecule has 1 saturated heterocycles. The summed E-state index contributed by atoms with van der Waals surface area (Å²) in [5.41, 5.74) is -0.643. The fourth-order valence-electron chi connectivity index (χ4n) is 2.30. The molecule has 1 aromatic rings. The van der Waals surface area contributed by atoms with E-state index in [1.54, 1.807) is 4.90 Å². The van der Waals surface area contributed by atoms with E-state index in [4.69, 9.17) is 0 Å². The van der Waals surface area contributed by atoms with Gasteiger partial charge in [0.1, 0.15) is 0 Å². The van der Waals surface area contributed by atoms with Crippen molar-refractivity contribution in [3.63, 3.8) is 0 Å². The molecule has 116 valence electrons. The molecule has 0 bridgehead atoms. The van der Waals surface area contributed by atoms with E-state index in [1.165, 1.54) is 12.1 Å². The van der Waals surface area contributed by atoms with E-state index in [-0.39, 0.29) is 16.2 Å². The second kappa shape index (κ2) is 6.68. The van der Waals surface area contributed by atoms with Gasteiger partial charge in [-0.3, -0.25) is 0 Å². The molecule has 0 radical (unpaired) electrons. The third-order valence-electron chi connectivity index (χ3n) is 3.42. The highest BCUT2D eigenvalue weighted by molar-refractivity contribution is 9.10. The van der Waals surface area contributed by atoms with Gasteiger partial charge in [-0.05, 0) is 31.0 Å². The number of rotatable bonds is 1. The first kappa shape index (κ1) is 16.1. The molecule has 0 aromatic heterocycles. The first-order valence-electron chi connectivity index (χ1n) is 6.80. The van der Waals surface area contributed by atoms with Crippen LogP contribution in [-0.4, -0.2) is 24.0 Å². The molecule has 1 aromatic carbocycles.